The molecule has 2 rings (SSSR count). The Labute approximate surface area is 119 Å². The van der Waals surface area contributed by atoms with Gasteiger partial charge in [-0.05, 0) is 39.3 Å². The molecule has 20 heavy (non-hydrogen) atoms. The zero-order chi connectivity index (χ0) is 14.4. The number of pyridine rings is 1. The maximum atomic E-state index is 11.6. The van der Waals surface area contributed by atoms with Crippen molar-refractivity contribution in [3.05, 3.63) is 28.2 Å². The van der Waals surface area contributed by atoms with Crippen molar-refractivity contribution in [3.63, 3.8) is 0 Å². The van der Waals surface area contributed by atoms with Crippen LogP contribution < -0.4 is 5.43 Å². The van der Waals surface area contributed by atoms with Crippen LogP contribution in [0.25, 0.3) is 0 Å². The Morgan fingerprint density at radius 1 is 1.35 bits per heavy atom. The first-order valence-corrected chi connectivity index (χ1v) is 7.43. The van der Waals surface area contributed by atoms with Gasteiger partial charge >= 0.3 is 0 Å². The van der Waals surface area contributed by atoms with E-state index in [1.54, 1.807) is 12.3 Å². The number of likely N-dealkylation sites (tertiary alicyclic amines) is 1. The lowest BCUT2D eigenvalue weighted by Gasteiger charge is -2.19. The van der Waals surface area contributed by atoms with Crippen molar-refractivity contribution in [1.82, 2.24) is 9.47 Å². The average Bonchev–Trinajstić information content (AvgIpc) is 2.93. The van der Waals surface area contributed by atoms with E-state index in [-0.39, 0.29) is 11.2 Å². The van der Waals surface area contributed by atoms with Gasteiger partial charge in [0.15, 0.2) is 5.75 Å². The van der Waals surface area contributed by atoms with Crippen LogP contribution in [0.3, 0.4) is 0 Å². The van der Waals surface area contributed by atoms with Gasteiger partial charge in [-0.1, -0.05) is 0 Å². The highest BCUT2D eigenvalue weighted by Gasteiger charge is 2.14. The van der Waals surface area contributed by atoms with Crippen molar-refractivity contribution >= 4 is 0 Å². The lowest BCUT2D eigenvalue weighted by molar-refractivity contribution is 0.141. The fraction of sp³-hybridized carbons (Fsp3) is 0.667. The summed E-state index contributed by atoms with van der Waals surface area (Å²) in [6, 6.07) is 1.56. The molecule has 0 radical (unpaired) electrons. The molecular weight excluding hydrogens is 256 g/mol. The van der Waals surface area contributed by atoms with Crippen LogP contribution in [0.1, 0.15) is 31.9 Å². The number of aromatic hydroxyl groups is 1. The first-order chi connectivity index (χ1) is 9.70. The van der Waals surface area contributed by atoms with Gasteiger partial charge in [0.1, 0.15) is 0 Å². The molecule has 5 nitrogen and oxygen atoms in total. The van der Waals surface area contributed by atoms with Crippen LogP contribution in [-0.4, -0.2) is 40.9 Å². The van der Waals surface area contributed by atoms with Crippen LogP contribution in [0.2, 0.25) is 0 Å². The van der Waals surface area contributed by atoms with E-state index in [0.29, 0.717) is 6.61 Å². The molecule has 1 aliphatic rings. The van der Waals surface area contributed by atoms with Crippen LogP contribution in [-0.2, 0) is 17.8 Å². The number of aryl methyl sites for hydroxylation is 1. The van der Waals surface area contributed by atoms with E-state index in [2.05, 4.69) is 4.90 Å². The Bertz CT molecular complexity index is 478. The first kappa shape index (κ1) is 15.1. The van der Waals surface area contributed by atoms with Crippen LogP contribution in [0.4, 0.5) is 0 Å². The van der Waals surface area contributed by atoms with Gasteiger partial charge in [0.25, 0.3) is 0 Å². The third-order valence-corrected chi connectivity index (χ3v) is 3.67. The molecule has 0 aliphatic carbocycles. The lowest BCUT2D eigenvalue weighted by Crippen LogP contribution is -2.23. The molecule has 1 aromatic heterocycles. The van der Waals surface area contributed by atoms with E-state index in [4.69, 9.17) is 4.74 Å². The minimum absolute atomic E-state index is 0.174. The molecule has 0 aromatic carbocycles. The molecule has 0 amide bonds. The largest absolute Gasteiger partial charge is 0.503 e. The predicted octanol–water partition coefficient (Wildman–Crippen LogP) is 1.58. The molecule has 1 N–H and O–H groups in total. The highest BCUT2D eigenvalue weighted by atomic mass is 16.5. The molecule has 1 aromatic rings. The number of hydrogen-bond acceptors (Lipinski definition) is 4. The lowest BCUT2D eigenvalue weighted by atomic mass is 10.2. The van der Waals surface area contributed by atoms with Gasteiger partial charge in [0, 0.05) is 38.1 Å². The van der Waals surface area contributed by atoms with E-state index in [0.717, 1.165) is 44.9 Å². The van der Waals surface area contributed by atoms with E-state index in [9.17, 15) is 9.90 Å². The molecule has 1 saturated heterocycles. The number of aromatic nitrogens is 1. The van der Waals surface area contributed by atoms with Crippen molar-refractivity contribution in [2.24, 2.45) is 0 Å². The van der Waals surface area contributed by atoms with E-state index in [1.165, 1.54) is 12.8 Å². The van der Waals surface area contributed by atoms with Crippen molar-refractivity contribution in [2.75, 3.05) is 26.3 Å². The second-order valence-electron chi connectivity index (χ2n) is 5.24. The fourth-order valence-electron chi connectivity index (χ4n) is 2.60. The number of nitrogens with zero attached hydrogens (tertiary/aromatic N) is 2. The molecular formula is C15H24N2O3. The Morgan fingerprint density at radius 2 is 2.10 bits per heavy atom. The summed E-state index contributed by atoms with van der Waals surface area (Å²) in [7, 11) is 0. The Morgan fingerprint density at radius 3 is 2.80 bits per heavy atom. The van der Waals surface area contributed by atoms with Gasteiger partial charge in [-0.15, -0.1) is 0 Å². The van der Waals surface area contributed by atoms with E-state index < -0.39 is 0 Å². The van der Waals surface area contributed by atoms with E-state index in [1.807, 2.05) is 11.5 Å². The molecule has 0 saturated carbocycles. The zero-order valence-electron chi connectivity index (χ0n) is 12.2. The summed E-state index contributed by atoms with van der Waals surface area (Å²) < 4.78 is 7.31. The van der Waals surface area contributed by atoms with E-state index >= 15 is 0 Å². The third kappa shape index (κ3) is 4.08. The van der Waals surface area contributed by atoms with Gasteiger partial charge in [0.05, 0.1) is 6.20 Å². The molecule has 1 aliphatic heterocycles. The summed E-state index contributed by atoms with van der Waals surface area (Å²) in [5.74, 6) is -0.174. The average molecular weight is 280 g/mol. The van der Waals surface area contributed by atoms with Gasteiger partial charge in [-0.2, -0.15) is 0 Å². The van der Waals surface area contributed by atoms with Crippen LogP contribution in [0, 0.1) is 0 Å². The molecule has 0 unspecified atom stereocenters. The van der Waals surface area contributed by atoms with Crippen LogP contribution in [0.5, 0.6) is 5.75 Å². The van der Waals surface area contributed by atoms with Crippen molar-refractivity contribution < 1.29 is 9.84 Å². The molecule has 1 fully saturated rings. The number of rotatable bonds is 7. The minimum atomic E-state index is -0.291. The Balaban J connectivity index is 2.06. The number of hydrogen-bond donors (Lipinski definition) is 1. The van der Waals surface area contributed by atoms with Gasteiger partial charge in [0.2, 0.25) is 5.43 Å². The first-order valence-electron chi connectivity index (χ1n) is 7.43. The predicted molar refractivity (Wildman–Crippen MR) is 78.0 cm³/mol. The highest BCUT2D eigenvalue weighted by molar-refractivity contribution is 5.20. The molecule has 0 atom stereocenters. The molecule has 5 heteroatoms. The second-order valence-corrected chi connectivity index (χ2v) is 5.24. The molecule has 0 spiro atoms. The Kier molecular flexibility index (Phi) is 5.61. The zero-order valence-corrected chi connectivity index (χ0v) is 12.2. The number of ether oxygens (including phenoxy) is 1. The summed E-state index contributed by atoms with van der Waals surface area (Å²) in [6.45, 7) is 7.12. The molecule has 2 heterocycles. The van der Waals surface area contributed by atoms with Crippen molar-refractivity contribution in [3.8, 4) is 5.75 Å². The van der Waals surface area contributed by atoms with Gasteiger partial charge < -0.3 is 14.4 Å². The third-order valence-electron chi connectivity index (χ3n) is 3.67. The smallest absolute Gasteiger partial charge is 0.223 e. The van der Waals surface area contributed by atoms with Crippen molar-refractivity contribution in [2.45, 2.75) is 39.3 Å². The summed E-state index contributed by atoms with van der Waals surface area (Å²) >= 11 is 0. The fourth-order valence-corrected chi connectivity index (χ4v) is 2.60. The minimum Gasteiger partial charge on any atom is -0.503 e. The molecule has 112 valence electrons. The highest BCUT2D eigenvalue weighted by Crippen LogP contribution is 2.14. The maximum absolute atomic E-state index is 11.6. The standard InChI is InChI=1S/C15H24N2O3/c1-2-20-9-5-8-17-12-15(19)14(18)10-13(17)11-16-6-3-4-7-16/h10,12,19H,2-9,11H2,1H3. The SMILES string of the molecule is CCOCCCn1cc(O)c(=O)cc1CN1CCCC1. The Hall–Kier alpha value is -1.33. The maximum Gasteiger partial charge on any atom is 0.223 e. The van der Waals surface area contributed by atoms with Crippen molar-refractivity contribution in [1.29, 1.82) is 0 Å². The van der Waals surface area contributed by atoms with Gasteiger partial charge in [-0.3, -0.25) is 9.69 Å². The summed E-state index contributed by atoms with van der Waals surface area (Å²) in [5.41, 5.74) is 0.687. The monoisotopic (exact) mass is 280 g/mol. The quantitative estimate of drug-likeness (QED) is 0.770. The second kappa shape index (κ2) is 7.45. The summed E-state index contributed by atoms with van der Waals surface area (Å²) in [6.07, 6.45) is 4.89. The topological polar surface area (TPSA) is 54.7 Å². The molecule has 0 bridgehead atoms. The summed E-state index contributed by atoms with van der Waals surface area (Å²) in [4.78, 5) is 14.0. The van der Waals surface area contributed by atoms with Crippen LogP contribution >= 0.6 is 0 Å². The van der Waals surface area contributed by atoms with Crippen LogP contribution in [0.15, 0.2) is 17.1 Å². The van der Waals surface area contributed by atoms with Gasteiger partial charge in [-0.25, -0.2) is 0 Å². The summed E-state index contributed by atoms with van der Waals surface area (Å²) in [5, 5.41) is 9.61. The normalized spacial score (nSPS) is 15.8.